The van der Waals surface area contributed by atoms with E-state index in [0.717, 1.165) is 0 Å². The fraction of sp³-hybridized carbons (Fsp3) is 0.615. The van der Waals surface area contributed by atoms with Crippen molar-refractivity contribution < 1.29 is 44.4 Å². The monoisotopic (exact) mass is 363 g/mol. The maximum absolute atomic E-state index is 12.1. The molecule has 0 bridgehead atoms. The highest BCUT2D eigenvalue weighted by Gasteiger charge is 2.30. The van der Waals surface area contributed by atoms with Crippen LogP contribution in [-0.2, 0) is 24.0 Å². The largest absolute Gasteiger partial charge is 0.481 e. The number of aliphatic carboxylic acids is 3. The quantitative estimate of drug-likeness (QED) is 0.198. The lowest BCUT2D eigenvalue weighted by molar-refractivity contribution is -0.144. The minimum atomic E-state index is -1.65. The Labute approximate surface area is 142 Å². The highest BCUT2D eigenvalue weighted by Crippen LogP contribution is 2.02. The van der Waals surface area contributed by atoms with Crippen LogP contribution < -0.4 is 16.4 Å². The van der Waals surface area contributed by atoms with Gasteiger partial charge >= 0.3 is 17.9 Å². The van der Waals surface area contributed by atoms with Gasteiger partial charge in [-0.1, -0.05) is 0 Å². The number of hydrogen-bond donors (Lipinski definition) is 7. The molecule has 0 aliphatic rings. The molecule has 0 aromatic rings. The average molecular weight is 363 g/mol. The van der Waals surface area contributed by atoms with Crippen molar-refractivity contribution in [3.63, 3.8) is 0 Å². The predicted octanol–water partition coefficient (Wildman–Crippen LogP) is -2.91. The minimum Gasteiger partial charge on any atom is -0.481 e. The molecular formula is C13H21N3O9. The lowest BCUT2D eigenvalue weighted by Crippen LogP contribution is -2.56. The second kappa shape index (κ2) is 10.2. The van der Waals surface area contributed by atoms with E-state index in [1.54, 1.807) is 0 Å². The Bertz CT molecular complexity index is 535. The molecule has 4 atom stereocenters. The number of amides is 2. The van der Waals surface area contributed by atoms with E-state index in [0.29, 0.717) is 0 Å². The summed E-state index contributed by atoms with van der Waals surface area (Å²) in [5, 5.41) is 39.6. The van der Waals surface area contributed by atoms with Crippen LogP contribution in [0, 0.1) is 0 Å². The number of carbonyl (C=O) groups excluding carboxylic acids is 2. The zero-order chi connectivity index (χ0) is 19.7. The molecule has 0 fully saturated rings. The number of hydrogen-bond acceptors (Lipinski definition) is 7. The Hall–Kier alpha value is -2.73. The van der Waals surface area contributed by atoms with E-state index in [9.17, 15) is 29.1 Å². The van der Waals surface area contributed by atoms with Crippen LogP contribution in [0.4, 0.5) is 0 Å². The van der Waals surface area contributed by atoms with Crippen molar-refractivity contribution in [2.75, 3.05) is 0 Å². The van der Waals surface area contributed by atoms with Crippen LogP contribution in [0.25, 0.3) is 0 Å². The molecule has 0 aromatic heterocycles. The second-order valence-corrected chi connectivity index (χ2v) is 5.26. The van der Waals surface area contributed by atoms with E-state index in [2.05, 4.69) is 0 Å². The number of nitrogens with one attached hydrogen (secondary N) is 2. The second-order valence-electron chi connectivity index (χ2n) is 5.26. The van der Waals surface area contributed by atoms with Crippen molar-refractivity contribution in [1.29, 1.82) is 0 Å². The van der Waals surface area contributed by atoms with E-state index < -0.39 is 73.2 Å². The van der Waals surface area contributed by atoms with Gasteiger partial charge in [0.15, 0.2) is 0 Å². The summed E-state index contributed by atoms with van der Waals surface area (Å²) in [7, 11) is 0. The van der Waals surface area contributed by atoms with Crippen molar-refractivity contribution in [3.8, 4) is 0 Å². The summed E-state index contributed by atoms with van der Waals surface area (Å²) >= 11 is 0. The van der Waals surface area contributed by atoms with Crippen LogP contribution in [0.2, 0.25) is 0 Å². The molecule has 0 rings (SSSR count). The summed E-state index contributed by atoms with van der Waals surface area (Å²) in [6.07, 6.45) is -3.11. The highest BCUT2D eigenvalue weighted by atomic mass is 16.4. The van der Waals surface area contributed by atoms with Gasteiger partial charge in [-0.2, -0.15) is 0 Å². The Kier molecular flexibility index (Phi) is 9.09. The van der Waals surface area contributed by atoms with Gasteiger partial charge in [-0.15, -0.1) is 0 Å². The smallest absolute Gasteiger partial charge is 0.326 e. The molecule has 0 saturated carbocycles. The fourth-order valence-corrected chi connectivity index (χ4v) is 1.67. The first-order valence-corrected chi connectivity index (χ1v) is 7.16. The molecule has 12 heteroatoms. The van der Waals surface area contributed by atoms with Crippen LogP contribution in [0.5, 0.6) is 0 Å². The first-order chi connectivity index (χ1) is 11.5. The van der Waals surface area contributed by atoms with Gasteiger partial charge in [0, 0.05) is 6.42 Å². The Balaban J connectivity index is 5.08. The van der Waals surface area contributed by atoms with Crippen LogP contribution in [0.15, 0.2) is 0 Å². The molecular weight excluding hydrogens is 342 g/mol. The van der Waals surface area contributed by atoms with E-state index in [4.69, 9.17) is 21.1 Å². The number of carboxylic acids is 3. The number of carbonyl (C=O) groups is 5. The molecule has 0 heterocycles. The van der Waals surface area contributed by atoms with Gasteiger partial charge in [-0.3, -0.25) is 19.2 Å². The first kappa shape index (κ1) is 22.3. The molecule has 0 aromatic carbocycles. The van der Waals surface area contributed by atoms with E-state index in [1.807, 2.05) is 10.6 Å². The summed E-state index contributed by atoms with van der Waals surface area (Å²) in [5.41, 5.74) is 5.37. The number of aliphatic hydroxyl groups is 1. The van der Waals surface area contributed by atoms with E-state index in [1.165, 1.54) is 6.92 Å². The van der Waals surface area contributed by atoms with Gasteiger partial charge in [0.2, 0.25) is 11.8 Å². The SMILES string of the molecule is C[C@@H](O)[C@H](N)C(=O)N[C@@H](CC(=O)O)C(=O)N[C@@H](CCC(=O)O)C(=O)O. The van der Waals surface area contributed by atoms with Gasteiger partial charge in [0.05, 0.1) is 12.5 Å². The highest BCUT2D eigenvalue weighted by molar-refractivity contribution is 5.94. The topological polar surface area (TPSA) is 216 Å². The number of nitrogens with two attached hydrogens (primary N) is 1. The number of rotatable bonds is 11. The Morgan fingerprint density at radius 2 is 1.44 bits per heavy atom. The lowest BCUT2D eigenvalue weighted by Gasteiger charge is -2.22. The fourth-order valence-electron chi connectivity index (χ4n) is 1.67. The number of carboxylic acid groups (broad SMARTS) is 3. The maximum Gasteiger partial charge on any atom is 0.326 e. The molecule has 0 radical (unpaired) electrons. The van der Waals surface area contributed by atoms with Crippen LogP contribution in [0.1, 0.15) is 26.2 Å². The third-order valence-electron chi connectivity index (χ3n) is 3.10. The van der Waals surface area contributed by atoms with Gasteiger partial charge in [0.25, 0.3) is 0 Å². The third kappa shape index (κ3) is 8.62. The van der Waals surface area contributed by atoms with Crippen molar-refractivity contribution in [2.45, 2.75) is 50.4 Å². The summed E-state index contributed by atoms with van der Waals surface area (Å²) in [5.74, 6) is -6.39. The molecule has 0 unspecified atom stereocenters. The van der Waals surface area contributed by atoms with Gasteiger partial charge in [-0.25, -0.2) is 4.79 Å². The van der Waals surface area contributed by atoms with Crippen molar-refractivity contribution in [1.82, 2.24) is 10.6 Å². The maximum atomic E-state index is 12.1. The molecule has 8 N–H and O–H groups in total. The molecule has 142 valence electrons. The van der Waals surface area contributed by atoms with Gasteiger partial charge in [-0.05, 0) is 13.3 Å². The lowest BCUT2D eigenvalue weighted by atomic mass is 10.1. The summed E-state index contributed by atoms with van der Waals surface area (Å²) in [6, 6.07) is -4.66. The van der Waals surface area contributed by atoms with Gasteiger partial charge < -0.3 is 36.8 Å². The van der Waals surface area contributed by atoms with E-state index in [-0.39, 0.29) is 0 Å². The minimum absolute atomic E-state index is 0.433. The summed E-state index contributed by atoms with van der Waals surface area (Å²) < 4.78 is 0. The molecule has 25 heavy (non-hydrogen) atoms. The Morgan fingerprint density at radius 3 is 1.84 bits per heavy atom. The standard InChI is InChI=1S/C13H21N3O9/c1-5(17)10(14)12(23)16-7(4-9(20)21)11(22)15-6(13(24)25)2-3-8(18)19/h5-7,10,17H,2-4,14H2,1H3,(H,15,22)(H,16,23)(H,18,19)(H,20,21)(H,24,25)/t5-,6+,7+,10+/m1/s1. The summed E-state index contributed by atoms with van der Waals surface area (Å²) in [6.45, 7) is 1.21. The molecule has 0 aliphatic heterocycles. The van der Waals surface area contributed by atoms with Crippen molar-refractivity contribution in [2.24, 2.45) is 5.73 Å². The normalized spacial score (nSPS) is 15.3. The van der Waals surface area contributed by atoms with Crippen LogP contribution >= 0.6 is 0 Å². The third-order valence-corrected chi connectivity index (χ3v) is 3.10. The first-order valence-electron chi connectivity index (χ1n) is 7.16. The molecule has 0 saturated heterocycles. The van der Waals surface area contributed by atoms with Crippen molar-refractivity contribution in [3.05, 3.63) is 0 Å². The molecule has 12 nitrogen and oxygen atoms in total. The van der Waals surface area contributed by atoms with E-state index >= 15 is 0 Å². The zero-order valence-electron chi connectivity index (χ0n) is 13.3. The van der Waals surface area contributed by atoms with Crippen LogP contribution in [-0.4, -0.2) is 74.4 Å². The number of aliphatic hydroxyl groups excluding tert-OH is 1. The molecule has 0 aliphatic carbocycles. The Morgan fingerprint density at radius 1 is 0.920 bits per heavy atom. The van der Waals surface area contributed by atoms with Crippen LogP contribution in [0.3, 0.4) is 0 Å². The van der Waals surface area contributed by atoms with Gasteiger partial charge in [0.1, 0.15) is 18.1 Å². The molecule has 2 amide bonds. The summed E-state index contributed by atoms with van der Waals surface area (Å²) in [4.78, 5) is 56.2. The predicted molar refractivity (Wildman–Crippen MR) is 80.3 cm³/mol. The average Bonchev–Trinajstić information content (AvgIpc) is 2.48. The zero-order valence-corrected chi connectivity index (χ0v) is 13.3. The van der Waals surface area contributed by atoms with Crippen molar-refractivity contribution >= 4 is 29.7 Å². The molecule has 0 spiro atoms.